The lowest BCUT2D eigenvalue weighted by molar-refractivity contribution is 0.0901. The standard InChI is InChI=1S/C22H35N3O3S/c1-17(2)24-29(27,28)21-10-8-19(9-11-21)22(26)23-20-12-14-25(15-13-20)16-18-6-4-3-5-7-18/h8-11,17-18,20,24H,3-7,12-16H2,1-2H3,(H,23,26). The monoisotopic (exact) mass is 421 g/mol. The predicted octanol–water partition coefficient (Wildman–Crippen LogP) is 3.15. The van der Waals surface area contributed by atoms with Gasteiger partial charge in [-0.2, -0.15) is 0 Å². The number of benzene rings is 1. The third kappa shape index (κ3) is 6.52. The van der Waals surface area contributed by atoms with Gasteiger partial charge in [0.15, 0.2) is 0 Å². The number of hydrogen-bond acceptors (Lipinski definition) is 4. The summed E-state index contributed by atoms with van der Waals surface area (Å²) in [5, 5.41) is 3.12. The molecule has 1 aliphatic heterocycles. The van der Waals surface area contributed by atoms with Crippen LogP contribution in [0.15, 0.2) is 29.2 Å². The number of likely N-dealkylation sites (tertiary alicyclic amines) is 1. The van der Waals surface area contributed by atoms with Gasteiger partial charge >= 0.3 is 0 Å². The van der Waals surface area contributed by atoms with Gasteiger partial charge in [0.1, 0.15) is 0 Å². The molecule has 2 N–H and O–H groups in total. The summed E-state index contributed by atoms with van der Waals surface area (Å²) in [6.45, 7) is 6.85. The Morgan fingerprint density at radius 2 is 1.66 bits per heavy atom. The van der Waals surface area contributed by atoms with Crippen molar-refractivity contribution >= 4 is 15.9 Å². The van der Waals surface area contributed by atoms with Crippen LogP contribution >= 0.6 is 0 Å². The molecule has 1 heterocycles. The van der Waals surface area contributed by atoms with Crippen molar-refractivity contribution in [2.75, 3.05) is 19.6 Å². The van der Waals surface area contributed by atoms with Crippen LogP contribution in [0, 0.1) is 5.92 Å². The van der Waals surface area contributed by atoms with Crippen LogP contribution in [-0.2, 0) is 10.0 Å². The van der Waals surface area contributed by atoms with Crippen molar-refractivity contribution in [1.82, 2.24) is 14.9 Å². The highest BCUT2D eigenvalue weighted by Crippen LogP contribution is 2.25. The fourth-order valence-electron chi connectivity index (χ4n) is 4.43. The molecule has 29 heavy (non-hydrogen) atoms. The lowest BCUT2D eigenvalue weighted by atomic mass is 9.88. The second kappa shape index (κ2) is 10.0. The van der Waals surface area contributed by atoms with Crippen LogP contribution in [0.3, 0.4) is 0 Å². The average molecular weight is 422 g/mol. The number of carbonyl (C=O) groups excluding carboxylic acids is 1. The highest BCUT2D eigenvalue weighted by Gasteiger charge is 2.24. The molecule has 0 unspecified atom stereocenters. The summed E-state index contributed by atoms with van der Waals surface area (Å²) in [7, 11) is -3.53. The first-order valence-corrected chi connectivity index (χ1v) is 12.5. The summed E-state index contributed by atoms with van der Waals surface area (Å²) in [6.07, 6.45) is 8.85. The summed E-state index contributed by atoms with van der Waals surface area (Å²) < 4.78 is 26.9. The van der Waals surface area contributed by atoms with E-state index in [9.17, 15) is 13.2 Å². The number of hydrogen-bond donors (Lipinski definition) is 2. The number of rotatable bonds is 7. The van der Waals surface area contributed by atoms with Gasteiger partial charge in [-0.3, -0.25) is 4.79 Å². The van der Waals surface area contributed by atoms with E-state index in [-0.39, 0.29) is 22.9 Å². The summed E-state index contributed by atoms with van der Waals surface area (Å²) in [4.78, 5) is 15.3. The van der Waals surface area contributed by atoms with Crippen LogP contribution in [0.4, 0.5) is 0 Å². The first-order valence-electron chi connectivity index (χ1n) is 11.0. The van der Waals surface area contributed by atoms with Gasteiger partial charge in [0.05, 0.1) is 4.90 Å². The van der Waals surface area contributed by atoms with Crippen molar-refractivity contribution in [3.8, 4) is 0 Å². The zero-order chi connectivity index (χ0) is 20.9. The Labute approximate surface area is 175 Å². The van der Waals surface area contributed by atoms with Crippen molar-refractivity contribution in [3.05, 3.63) is 29.8 Å². The van der Waals surface area contributed by atoms with Crippen molar-refractivity contribution in [1.29, 1.82) is 0 Å². The van der Waals surface area contributed by atoms with Gasteiger partial charge in [0.25, 0.3) is 5.91 Å². The fourth-order valence-corrected chi connectivity index (χ4v) is 5.68. The maximum atomic E-state index is 12.6. The Kier molecular flexibility index (Phi) is 7.71. The van der Waals surface area contributed by atoms with E-state index in [2.05, 4.69) is 14.9 Å². The zero-order valence-corrected chi connectivity index (χ0v) is 18.5. The lowest BCUT2D eigenvalue weighted by Crippen LogP contribution is -2.45. The van der Waals surface area contributed by atoms with Crippen LogP contribution in [0.5, 0.6) is 0 Å². The third-order valence-corrected chi connectivity index (χ3v) is 7.66. The van der Waals surface area contributed by atoms with E-state index >= 15 is 0 Å². The highest BCUT2D eigenvalue weighted by molar-refractivity contribution is 7.89. The zero-order valence-electron chi connectivity index (χ0n) is 17.7. The minimum Gasteiger partial charge on any atom is -0.349 e. The van der Waals surface area contributed by atoms with Gasteiger partial charge < -0.3 is 10.2 Å². The predicted molar refractivity (Wildman–Crippen MR) is 115 cm³/mol. The minimum absolute atomic E-state index is 0.128. The number of amides is 1. The van der Waals surface area contributed by atoms with Crippen molar-refractivity contribution in [2.45, 2.75) is 75.8 Å². The molecule has 7 heteroatoms. The van der Waals surface area contributed by atoms with E-state index in [1.54, 1.807) is 26.0 Å². The summed E-state index contributed by atoms with van der Waals surface area (Å²) in [5.74, 6) is 0.728. The number of piperidine rings is 1. The van der Waals surface area contributed by atoms with Crippen LogP contribution in [0.25, 0.3) is 0 Å². The van der Waals surface area contributed by atoms with Gasteiger partial charge in [0, 0.05) is 37.3 Å². The second-order valence-corrected chi connectivity index (χ2v) is 10.6. The Hall–Kier alpha value is -1.44. The minimum atomic E-state index is -3.53. The molecule has 0 aromatic heterocycles. The molecular formula is C22H35N3O3S. The molecule has 0 radical (unpaired) electrons. The Balaban J connectivity index is 1.47. The molecule has 0 atom stereocenters. The van der Waals surface area contributed by atoms with Crippen LogP contribution in [0.1, 0.15) is 69.2 Å². The fraction of sp³-hybridized carbons (Fsp3) is 0.682. The number of nitrogens with zero attached hydrogens (tertiary/aromatic N) is 1. The average Bonchev–Trinajstić information content (AvgIpc) is 2.69. The van der Waals surface area contributed by atoms with E-state index in [1.807, 2.05) is 0 Å². The molecular weight excluding hydrogens is 386 g/mol. The summed E-state index contributed by atoms with van der Waals surface area (Å²) >= 11 is 0. The molecule has 6 nitrogen and oxygen atoms in total. The topological polar surface area (TPSA) is 78.5 Å². The van der Waals surface area contributed by atoms with Crippen molar-refractivity contribution < 1.29 is 13.2 Å². The molecule has 1 saturated heterocycles. The molecule has 0 spiro atoms. The molecule has 3 rings (SSSR count). The van der Waals surface area contributed by atoms with E-state index in [1.165, 1.54) is 50.8 Å². The van der Waals surface area contributed by atoms with Crippen molar-refractivity contribution in [2.24, 2.45) is 5.92 Å². The molecule has 162 valence electrons. The first-order chi connectivity index (χ1) is 13.8. The largest absolute Gasteiger partial charge is 0.349 e. The lowest BCUT2D eigenvalue weighted by Gasteiger charge is -2.35. The summed E-state index contributed by atoms with van der Waals surface area (Å²) in [5.41, 5.74) is 0.498. The van der Waals surface area contributed by atoms with E-state index in [4.69, 9.17) is 0 Å². The van der Waals surface area contributed by atoms with Crippen LogP contribution in [0.2, 0.25) is 0 Å². The highest BCUT2D eigenvalue weighted by atomic mass is 32.2. The Morgan fingerprint density at radius 3 is 2.24 bits per heavy atom. The number of carbonyl (C=O) groups is 1. The van der Waals surface area contributed by atoms with Gasteiger partial charge in [0.2, 0.25) is 10.0 Å². The third-order valence-electron chi connectivity index (χ3n) is 5.98. The number of nitrogens with one attached hydrogen (secondary N) is 2. The molecule has 1 aliphatic carbocycles. The quantitative estimate of drug-likeness (QED) is 0.709. The molecule has 2 aliphatic rings. The maximum absolute atomic E-state index is 12.6. The van der Waals surface area contributed by atoms with E-state index in [0.29, 0.717) is 5.56 Å². The van der Waals surface area contributed by atoms with Gasteiger partial charge in [-0.15, -0.1) is 0 Å². The summed E-state index contributed by atoms with van der Waals surface area (Å²) in [6, 6.07) is 6.17. The van der Waals surface area contributed by atoms with E-state index in [0.717, 1.165) is 31.8 Å². The molecule has 2 fully saturated rings. The molecule has 1 aromatic carbocycles. The molecule has 0 bridgehead atoms. The normalized spacial score (nSPS) is 20.1. The second-order valence-electron chi connectivity index (χ2n) is 8.85. The Morgan fingerprint density at radius 1 is 1.03 bits per heavy atom. The van der Waals surface area contributed by atoms with Gasteiger partial charge in [-0.25, -0.2) is 13.1 Å². The van der Waals surface area contributed by atoms with E-state index < -0.39 is 10.0 Å². The smallest absolute Gasteiger partial charge is 0.251 e. The SMILES string of the molecule is CC(C)NS(=O)(=O)c1ccc(C(=O)NC2CCN(CC3CCCCC3)CC2)cc1. The van der Waals surface area contributed by atoms with Crippen LogP contribution in [-0.4, -0.2) is 50.9 Å². The van der Waals surface area contributed by atoms with Crippen LogP contribution < -0.4 is 10.0 Å². The first kappa shape index (κ1) is 22.2. The van der Waals surface area contributed by atoms with Gasteiger partial charge in [-0.05, 0) is 69.7 Å². The van der Waals surface area contributed by atoms with Gasteiger partial charge in [-0.1, -0.05) is 19.3 Å². The maximum Gasteiger partial charge on any atom is 0.251 e. The molecule has 1 amide bonds. The Bertz CT molecular complexity index is 763. The van der Waals surface area contributed by atoms with Crippen molar-refractivity contribution in [3.63, 3.8) is 0 Å². The molecule has 1 aromatic rings. The number of sulfonamides is 1. The molecule has 1 saturated carbocycles.